The summed E-state index contributed by atoms with van der Waals surface area (Å²) in [7, 11) is 0. The van der Waals surface area contributed by atoms with Crippen molar-refractivity contribution in [2.24, 2.45) is 11.8 Å². The molecule has 0 aromatic heterocycles. The smallest absolute Gasteiger partial charge is 0.410 e. The van der Waals surface area contributed by atoms with Crippen molar-refractivity contribution in [3.63, 3.8) is 0 Å². The van der Waals surface area contributed by atoms with Crippen molar-refractivity contribution in [1.29, 1.82) is 0 Å². The molecule has 6 nitrogen and oxygen atoms in total. The van der Waals surface area contributed by atoms with Gasteiger partial charge in [0.2, 0.25) is 5.91 Å². The normalized spacial score (nSPS) is 18.3. The molecule has 2 amide bonds. The highest BCUT2D eigenvalue weighted by molar-refractivity contribution is 8.01. The van der Waals surface area contributed by atoms with Gasteiger partial charge in [-0.15, -0.1) is 11.8 Å². The highest BCUT2D eigenvalue weighted by Crippen LogP contribution is 2.52. The van der Waals surface area contributed by atoms with E-state index in [4.69, 9.17) is 4.74 Å². The molecule has 248 valence electrons. The molecule has 0 bridgehead atoms. The van der Waals surface area contributed by atoms with Gasteiger partial charge in [0, 0.05) is 18.3 Å². The highest BCUT2D eigenvalue weighted by atomic mass is 32.2. The zero-order valence-electron chi connectivity index (χ0n) is 28.7. The summed E-state index contributed by atoms with van der Waals surface area (Å²) in [5.41, 5.74) is 2.93. The highest BCUT2D eigenvalue weighted by Gasteiger charge is 2.45. The molecule has 1 heterocycles. The average molecular weight is 644 g/mol. The third kappa shape index (κ3) is 8.95. The van der Waals surface area contributed by atoms with E-state index in [1.54, 1.807) is 0 Å². The van der Waals surface area contributed by atoms with Gasteiger partial charge in [-0.1, -0.05) is 125 Å². The maximum Gasteiger partial charge on any atom is 0.410 e. The van der Waals surface area contributed by atoms with E-state index in [1.807, 2.05) is 37.4 Å². The van der Waals surface area contributed by atoms with Crippen LogP contribution >= 0.6 is 11.8 Å². The van der Waals surface area contributed by atoms with Crippen LogP contribution in [0.15, 0.2) is 91.0 Å². The van der Waals surface area contributed by atoms with Crippen LogP contribution in [0.2, 0.25) is 0 Å². The van der Waals surface area contributed by atoms with Gasteiger partial charge in [-0.3, -0.25) is 4.79 Å². The second-order valence-electron chi connectivity index (χ2n) is 14.0. The SMILES string of the molecule is CC[C@H](C)[C@H](NCC(C)C)C(=O)NCC1CC(SC(c2ccccc2)(c2ccccc2)c2ccccc2)CN1C(=O)OC(C)(C)C. The van der Waals surface area contributed by atoms with E-state index >= 15 is 0 Å². The first kappa shape index (κ1) is 35.6. The summed E-state index contributed by atoms with van der Waals surface area (Å²) in [5, 5.41) is 6.80. The lowest BCUT2D eigenvalue weighted by atomic mass is 9.84. The fraction of sp³-hybridized carbons (Fsp3) is 0.487. The van der Waals surface area contributed by atoms with Crippen molar-refractivity contribution < 1.29 is 14.3 Å². The van der Waals surface area contributed by atoms with E-state index in [1.165, 1.54) is 16.7 Å². The number of carbonyl (C=O) groups is 2. The Morgan fingerprint density at radius 3 is 1.80 bits per heavy atom. The summed E-state index contributed by atoms with van der Waals surface area (Å²) in [4.78, 5) is 29.1. The Hall–Kier alpha value is -3.29. The molecular formula is C39H53N3O3S. The van der Waals surface area contributed by atoms with Crippen molar-refractivity contribution in [2.75, 3.05) is 19.6 Å². The number of hydrogen-bond acceptors (Lipinski definition) is 5. The zero-order chi connectivity index (χ0) is 33.3. The van der Waals surface area contributed by atoms with Gasteiger partial charge in [0.25, 0.3) is 0 Å². The number of ether oxygens (including phenoxy) is 1. The van der Waals surface area contributed by atoms with E-state index in [0.29, 0.717) is 19.0 Å². The Balaban J connectivity index is 1.67. The standard InChI is InChI=1S/C39H53N3O3S/c1-8-29(4)35(40-25-28(2)3)36(43)41-26-33-24-34(27-42(33)37(44)45-38(5,6)7)46-39(30-18-12-9-13-19-30,31-20-14-10-15-21-31)32-22-16-11-17-23-32/h9-23,28-29,33-35,40H,8,24-27H2,1-7H3,(H,41,43)/t29-,33?,34?,35-/m0/s1. The zero-order valence-corrected chi connectivity index (χ0v) is 29.5. The van der Waals surface area contributed by atoms with Crippen LogP contribution in [-0.2, 0) is 14.3 Å². The number of likely N-dealkylation sites (tertiary alicyclic amines) is 1. The van der Waals surface area contributed by atoms with E-state index in [0.717, 1.165) is 19.4 Å². The minimum atomic E-state index is -0.625. The van der Waals surface area contributed by atoms with E-state index in [9.17, 15) is 9.59 Å². The van der Waals surface area contributed by atoms with Crippen molar-refractivity contribution in [3.05, 3.63) is 108 Å². The van der Waals surface area contributed by atoms with Gasteiger partial charge in [-0.25, -0.2) is 4.79 Å². The molecule has 4 rings (SSSR count). The third-order valence-corrected chi connectivity index (χ3v) is 10.4. The van der Waals surface area contributed by atoms with Crippen LogP contribution in [0, 0.1) is 11.8 Å². The molecule has 2 unspecified atom stereocenters. The molecular weight excluding hydrogens is 591 g/mol. The number of thioether (sulfide) groups is 1. The minimum Gasteiger partial charge on any atom is -0.444 e. The van der Waals surface area contributed by atoms with Gasteiger partial charge in [0.15, 0.2) is 0 Å². The minimum absolute atomic E-state index is 0.0116. The lowest BCUT2D eigenvalue weighted by Gasteiger charge is -2.37. The quantitative estimate of drug-likeness (QED) is 0.186. The van der Waals surface area contributed by atoms with Gasteiger partial charge < -0.3 is 20.3 Å². The van der Waals surface area contributed by atoms with Crippen LogP contribution in [0.1, 0.15) is 78.0 Å². The lowest BCUT2D eigenvalue weighted by molar-refractivity contribution is -0.124. The van der Waals surface area contributed by atoms with Crippen LogP contribution in [0.4, 0.5) is 4.79 Å². The maximum absolute atomic E-state index is 13.7. The first-order valence-electron chi connectivity index (χ1n) is 16.8. The van der Waals surface area contributed by atoms with Crippen molar-refractivity contribution in [2.45, 2.75) is 89.0 Å². The Morgan fingerprint density at radius 1 is 0.870 bits per heavy atom. The molecule has 7 heteroatoms. The number of nitrogens with one attached hydrogen (secondary N) is 2. The van der Waals surface area contributed by atoms with Crippen molar-refractivity contribution in [3.8, 4) is 0 Å². The third-order valence-electron chi connectivity index (χ3n) is 8.64. The van der Waals surface area contributed by atoms with Crippen LogP contribution in [0.5, 0.6) is 0 Å². The fourth-order valence-corrected chi connectivity index (χ4v) is 8.02. The van der Waals surface area contributed by atoms with Gasteiger partial charge in [-0.05, 0) is 62.3 Å². The van der Waals surface area contributed by atoms with Crippen LogP contribution < -0.4 is 10.6 Å². The summed E-state index contributed by atoms with van der Waals surface area (Å²) in [6.45, 7) is 15.9. The first-order chi connectivity index (χ1) is 21.9. The van der Waals surface area contributed by atoms with Gasteiger partial charge in [0.1, 0.15) is 5.60 Å². The van der Waals surface area contributed by atoms with Crippen molar-refractivity contribution >= 4 is 23.8 Å². The molecule has 0 spiro atoms. The molecule has 1 saturated heterocycles. The molecule has 0 radical (unpaired) electrons. The van der Waals surface area contributed by atoms with E-state index < -0.39 is 10.3 Å². The second kappa shape index (κ2) is 16.0. The molecule has 3 aromatic rings. The molecule has 0 aliphatic carbocycles. The van der Waals surface area contributed by atoms with Gasteiger partial charge in [-0.2, -0.15) is 0 Å². The maximum atomic E-state index is 13.7. The van der Waals surface area contributed by atoms with Crippen LogP contribution in [-0.4, -0.2) is 59.5 Å². The summed E-state index contributed by atoms with van der Waals surface area (Å²) >= 11 is 1.89. The topological polar surface area (TPSA) is 70.7 Å². The average Bonchev–Trinajstić information content (AvgIpc) is 3.45. The molecule has 46 heavy (non-hydrogen) atoms. The molecule has 2 N–H and O–H groups in total. The van der Waals surface area contributed by atoms with Gasteiger partial charge in [0.05, 0.1) is 16.8 Å². The van der Waals surface area contributed by atoms with Crippen molar-refractivity contribution in [1.82, 2.24) is 15.5 Å². The van der Waals surface area contributed by atoms with E-state index in [-0.39, 0.29) is 35.3 Å². The van der Waals surface area contributed by atoms with Crippen LogP contribution in [0.3, 0.4) is 0 Å². The Kier molecular flexibility index (Phi) is 12.4. The fourth-order valence-electron chi connectivity index (χ4n) is 6.15. The summed E-state index contributed by atoms with van der Waals surface area (Å²) in [5.74, 6) is 0.618. The lowest BCUT2D eigenvalue weighted by Crippen LogP contribution is -2.52. The largest absolute Gasteiger partial charge is 0.444 e. The number of hydrogen-bond donors (Lipinski definition) is 2. The number of amides is 2. The molecule has 0 saturated carbocycles. The molecule has 4 atom stereocenters. The summed E-state index contributed by atoms with van der Waals surface area (Å²) < 4.78 is 5.41. The Morgan fingerprint density at radius 2 is 1.37 bits per heavy atom. The number of nitrogens with zero attached hydrogens (tertiary/aromatic N) is 1. The monoisotopic (exact) mass is 643 g/mol. The Labute approximate surface area is 281 Å². The predicted molar refractivity (Wildman–Crippen MR) is 191 cm³/mol. The molecule has 1 aliphatic heterocycles. The second-order valence-corrected chi connectivity index (χ2v) is 15.5. The number of carbonyl (C=O) groups excluding carboxylic acids is 2. The van der Waals surface area contributed by atoms with Gasteiger partial charge >= 0.3 is 6.09 Å². The number of rotatable bonds is 13. The number of benzene rings is 3. The van der Waals surface area contributed by atoms with E-state index in [2.05, 4.69) is 129 Å². The molecule has 1 fully saturated rings. The predicted octanol–water partition coefficient (Wildman–Crippen LogP) is 7.87. The van der Waals surface area contributed by atoms with Crippen LogP contribution in [0.25, 0.3) is 0 Å². The summed E-state index contributed by atoms with van der Waals surface area (Å²) in [6.07, 6.45) is 1.29. The Bertz CT molecular complexity index is 1280. The molecule has 1 aliphatic rings. The first-order valence-corrected chi connectivity index (χ1v) is 17.7. The molecule has 3 aromatic carbocycles. The summed E-state index contributed by atoms with van der Waals surface area (Å²) in [6, 6.07) is 31.4.